The zero-order valence-corrected chi connectivity index (χ0v) is 11.0. The molecule has 6 heteroatoms. The van der Waals surface area contributed by atoms with Crippen LogP contribution >= 0.6 is 0 Å². The van der Waals surface area contributed by atoms with Gasteiger partial charge in [0.2, 0.25) is 0 Å². The largest absolute Gasteiger partial charge is 1.00 e. The maximum absolute atomic E-state index is 10.4. The molecule has 5 nitrogen and oxygen atoms in total. The third-order valence-electron chi connectivity index (χ3n) is 1.65. The molecular weight excluding hydrogens is 209 g/mol. The summed E-state index contributed by atoms with van der Waals surface area (Å²) in [5, 5.41) is 14.2. The van der Waals surface area contributed by atoms with Crippen molar-refractivity contribution in [3.8, 4) is 0 Å². The predicted octanol–water partition coefficient (Wildman–Crippen LogP) is -3.59. The minimum Gasteiger partial charge on any atom is -0.543 e. The SMILES string of the molecule is Cc1cn2nc(C(=O)[O-])ccc2n1.[K+]. The Bertz CT molecular complexity index is 480. The number of aromatic carboxylic acids is 1. The fourth-order valence-corrected chi connectivity index (χ4v) is 1.11. The normalized spacial score (nSPS) is 9.79. The number of hydrogen-bond donors (Lipinski definition) is 0. The maximum atomic E-state index is 10.4. The Morgan fingerprint density at radius 3 is 2.86 bits per heavy atom. The van der Waals surface area contributed by atoms with Gasteiger partial charge in [-0.25, -0.2) is 9.50 Å². The molecule has 0 spiro atoms. The molecule has 0 N–H and O–H groups in total. The van der Waals surface area contributed by atoms with Crippen molar-refractivity contribution in [1.29, 1.82) is 0 Å². The standard InChI is InChI=1S/C8H7N3O2.K/c1-5-4-11-7(9-5)3-2-6(10-11)8(12)13;/h2-4H,1H3,(H,12,13);/q;+1/p-1. The Morgan fingerprint density at radius 1 is 1.50 bits per heavy atom. The molecule has 0 aliphatic rings. The van der Waals surface area contributed by atoms with Crippen LogP contribution in [0.2, 0.25) is 0 Å². The number of aryl methyl sites for hydroxylation is 1. The van der Waals surface area contributed by atoms with Crippen LogP contribution in [0.25, 0.3) is 5.65 Å². The van der Waals surface area contributed by atoms with Crippen LogP contribution in [0, 0.1) is 6.92 Å². The summed E-state index contributed by atoms with van der Waals surface area (Å²) in [6.07, 6.45) is 1.65. The van der Waals surface area contributed by atoms with E-state index in [2.05, 4.69) is 10.1 Å². The van der Waals surface area contributed by atoms with Gasteiger partial charge in [-0.05, 0) is 19.1 Å². The first-order chi connectivity index (χ1) is 6.16. The molecule has 0 aliphatic heterocycles. The van der Waals surface area contributed by atoms with Gasteiger partial charge in [-0.3, -0.25) is 0 Å². The van der Waals surface area contributed by atoms with Crippen molar-refractivity contribution in [3.63, 3.8) is 0 Å². The van der Waals surface area contributed by atoms with E-state index >= 15 is 0 Å². The number of rotatable bonds is 1. The molecule has 0 bridgehead atoms. The molecule has 0 fully saturated rings. The smallest absolute Gasteiger partial charge is 0.543 e. The first kappa shape index (κ1) is 11.8. The zero-order valence-electron chi connectivity index (χ0n) is 7.89. The van der Waals surface area contributed by atoms with Crippen molar-refractivity contribution in [2.45, 2.75) is 6.92 Å². The molecule has 0 saturated carbocycles. The molecule has 66 valence electrons. The van der Waals surface area contributed by atoms with Crippen molar-refractivity contribution in [2.75, 3.05) is 0 Å². The van der Waals surface area contributed by atoms with Gasteiger partial charge in [0.05, 0.1) is 17.9 Å². The summed E-state index contributed by atoms with van der Waals surface area (Å²) >= 11 is 0. The van der Waals surface area contributed by atoms with Crippen molar-refractivity contribution in [1.82, 2.24) is 14.6 Å². The van der Waals surface area contributed by atoms with Crippen LogP contribution in [0.1, 0.15) is 16.2 Å². The summed E-state index contributed by atoms with van der Waals surface area (Å²) < 4.78 is 1.42. The van der Waals surface area contributed by atoms with Crippen LogP contribution in [0.5, 0.6) is 0 Å². The summed E-state index contributed by atoms with van der Waals surface area (Å²) in [6.45, 7) is 1.81. The third kappa shape index (κ3) is 2.21. The molecular formula is C8H6KN3O2. The molecule has 0 radical (unpaired) electrons. The fourth-order valence-electron chi connectivity index (χ4n) is 1.11. The topological polar surface area (TPSA) is 70.3 Å². The minimum absolute atomic E-state index is 0. The quantitative estimate of drug-likeness (QED) is 0.461. The summed E-state index contributed by atoms with van der Waals surface area (Å²) in [5.41, 5.74) is 1.33. The van der Waals surface area contributed by atoms with Gasteiger partial charge in [0.25, 0.3) is 0 Å². The van der Waals surface area contributed by atoms with Gasteiger partial charge >= 0.3 is 51.4 Å². The average molecular weight is 215 g/mol. The molecule has 0 aromatic carbocycles. The monoisotopic (exact) mass is 215 g/mol. The Hall–Kier alpha value is -0.274. The van der Waals surface area contributed by atoms with E-state index in [0.717, 1.165) is 5.69 Å². The van der Waals surface area contributed by atoms with E-state index in [4.69, 9.17) is 0 Å². The van der Waals surface area contributed by atoms with Crippen LogP contribution in [0.15, 0.2) is 18.3 Å². The summed E-state index contributed by atoms with van der Waals surface area (Å²) in [4.78, 5) is 14.5. The van der Waals surface area contributed by atoms with Crippen LogP contribution in [-0.4, -0.2) is 20.6 Å². The van der Waals surface area contributed by atoms with E-state index < -0.39 is 5.97 Å². The number of fused-ring (bicyclic) bond motifs is 1. The van der Waals surface area contributed by atoms with Gasteiger partial charge in [-0.2, -0.15) is 5.10 Å². The molecule has 0 unspecified atom stereocenters. The summed E-state index contributed by atoms with van der Waals surface area (Å²) in [7, 11) is 0. The van der Waals surface area contributed by atoms with E-state index in [0.29, 0.717) is 5.65 Å². The first-order valence-corrected chi connectivity index (χ1v) is 3.71. The van der Waals surface area contributed by atoms with Crippen molar-refractivity contribution in [3.05, 3.63) is 29.7 Å². The predicted molar refractivity (Wildman–Crippen MR) is 42.1 cm³/mol. The maximum Gasteiger partial charge on any atom is 1.00 e. The van der Waals surface area contributed by atoms with Gasteiger partial charge in [0.15, 0.2) is 5.65 Å². The number of carbonyl (C=O) groups is 1. The van der Waals surface area contributed by atoms with Gasteiger partial charge in [0, 0.05) is 0 Å². The molecule has 2 rings (SSSR count). The number of imidazole rings is 1. The number of hydrogen-bond acceptors (Lipinski definition) is 4. The molecule has 2 aromatic heterocycles. The zero-order chi connectivity index (χ0) is 9.42. The van der Waals surface area contributed by atoms with Crippen LogP contribution < -0.4 is 56.5 Å². The number of nitrogens with zero attached hydrogens (tertiary/aromatic N) is 3. The van der Waals surface area contributed by atoms with Crippen molar-refractivity contribution in [2.24, 2.45) is 0 Å². The molecule has 14 heavy (non-hydrogen) atoms. The van der Waals surface area contributed by atoms with E-state index in [9.17, 15) is 9.90 Å². The number of carboxylic acid groups (broad SMARTS) is 1. The molecule has 0 atom stereocenters. The first-order valence-electron chi connectivity index (χ1n) is 3.71. The van der Waals surface area contributed by atoms with Crippen molar-refractivity contribution < 1.29 is 61.3 Å². The van der Waals surface area contributed by atoms with E-state index in [1.165, 1.54) is 10.6 Å². The van der Waals surface area contributed by atoms with Gasteiger partial charge in [-0.1, -0.05) is 0 Å². The number of aromatic nitrogens is 3. The van der Waals surface area contributed by atoms with Crippen molar-refractivity contribution >= 4 is 11.6 Å². The summed E-state index contributed by atoms with van der Waals surface area (Å²) in [5.74, 6) is -1.28. The van der Waals surface area contributed by atoms with Gasteiger partial charge in [-0.15, -0.1) is 0 Å². The van der Waals surface area contributed by atoms with Gasteiger partial charge < -0.3 is 9.90 Å². The van der Waals surface area contributed by atoms with Crippen LogP contribution in [0.4, 0.5) is 0 Å². The number of carboxylic acids is 1. The number of carbonyl (C=O) groups excluding carboxylic acids is 1. The molecule has 2 aromatic rings. The summed E-state index contributed by atoms with van der Waals surface area (Å²) in [6, 6.07) is 2.96. The van der Waals surface area contributed by atoms with E-state index in [1.807, 2.05) is 6.92 Å². The second-order valence-corrected chi connectivity index (χ2v) is 2.69. The average Bonchev–Trinajstić information content (AvgIpc) is 2.42. The molecule has 0 amide bonds. The second kappa shape index (κ2) is 4.50. The Kier molecular flexibility index (Phi) is 3.79. The Labute approximate surface area is 123 Å². The Morgan fingerprint density at radius 2 is 2.21 bits per heavy atom. The third-order valence-corrected chi connectivity index (χ3v) is 1.65. The van der Waals surface area contributed by atoms with E-state index in [1.54, 1.807) is 12.3 Å². The van der Waals surface area contributed by atoms with Gasteiger partial charge in [0.1, 0.15) is 5.69 Å². The molecule has 2 heterocycles. The molecule has 0 aliphatic carbocycles. The fraction of sp³-hybridized carbons (Fsp3) is 0.125. The minimum atomic E-state index is -1.28. The van der Waals surface area contributed by atoms with E-state index in [-0.39, 0.29) is 57.1 Å². The van der Waals surface area contributed by atoms with Crippen LogP contribution in [0.3, 0.4) is 0 Å². The molecule has 0 saturated heterocycles. The van der Waals surface area contributed by atoms with Crippen LogP contribution in [-0.2, 0) is 0 Å². The second-order valence-electron chi connectivity index (χ2n) is 2.69. The Balaban J connectivity index is 0.000000980.